The molecule has 13 heavy (non-hydrogen) atoms. The monoisotopic (exact) mass is 182 g/mol. The summed E-state index contributed by atoms with van der Waals surface area (Å²) in [6.45, 7) is 0. The number of hydrogen-bond acceptors (Lipinski definition) is 2. The highest BCUT2D eigenvalue weighted by Gasteiger charge is 2.50. The van der Waals surface area contributed by atoms with Gasteiger partial charge in [0.2, 0.25) is 0 Å². The Morgan fingerprint density at radius 2 is 1.92 bits per heavy atom. The summed E-state index contributed by atoms with van der Waals surface area (Å²) in [6, 6.07) is 0. The molecule has 0 aliphatic heterocycles. The van der Waals surface area contributed by atoms with Gasteiger partial charge in [-0.3, -0.25) is 9.59 Å². The van der Waals surface area contributed by atoms with Gasteiger partial charge in [-0.25, -0.2) is 0 Å². The van der Waals surface area contributed by atoms with Crippen molar-refractivity contribution >= 4 is 11.8 Å². The summed E-state index contributed by atoms with van der Waals surface area (Å²) in [5.74, 6) is -0.985. The Hall–Kier alpha value is -0.860. The van der Waals surface area contributed by atoms with Gasteiger partial charge in [0.25, 0.3) is 0 Å². The van der Waals surface area contributed by atoms with Crippen molar-refractivity contribution < 1.29 is 14.7 Å². The van der Waals surface area contributed by atoms with Crippen LogP contribution < -0.4 is 0 Å². The van der Waals surface area contributed by atoms with Gasteiger partial charge in [0.1, 0.15) is 12.2 Å². The summed E-state index contributed by atoms with van der Waals surface area (Å²) in [4.78, 5) is 21.6. The molecule has 0 bridgehead atoms. The number of Topliss-reactive ketones (excluding diaryl/α,β-unsaturated/α-hetero) is 1. The number of carboxylic acids is 1. The van der Waals surface area contributed by atoms with Crippen LogP contribution in [0.25, 0.3) is 0 Å². The maximum absolute atomic E-state index is 11.3. The van der Waals surface area contributed by atoms with E-state index in [0.717, 1.165) is 12.8 Å². The third-order valence-corrected chi connectivity index (χ3v) is 3.55. The summed E-state index contributed by atoms with van der Waals surface area (Å²) in [6.07, 6.45) is 5.44. The second-order valence-electron chi connectivity index (χ2n) is 4.50. The van der Waals surface area contributed by atoms with Crippen LogP contribution in [0.15, 0.2) is 0 Å². The average molecular weight is 182 g/mol. The largest absolute Gasteiger partial charge is 0.481 e. The maximum atomic E-state index is 11.3. The topological polar surface area (TPSA) is 54.4 Å². The summed E-state index contributed by atoms with van der Waals surface area (Å²) in [5, 5.41) is 8.43. The molecule has 1 N–H and O–H groups in total. The Morgan fingerprint density at radius 3 is 2.31 bits per heavy atom. The van der Waals surface area contributed by atoms with Crippen LogP contribution in [0.4, 0.5) is 0 Å². The minimum Gasteiger partial charge on any atom is -0.481 e. The Bertz CT molecular complexity index is 245. The number of ketones is 1. The predicted molar refractivity (Wildman–Crippen MR) is 46.3 cm³/mol. The molecule has 0 aromatic carbocycles. The molecule has 0 atom stereocenters. The van der Waals surface area contributed by atoms with E-state index in [2.05, 4.69) is 0 Å². The normalized spacial score (nSPS) is 24.9. The SMILES string of the molecule is O=C(O)CC(=O)C1CC2(CCC2)C1. The van der Waals surface area contributed by atoms with Crippen LogP contribution in [0.3, 0.4) is 0 Å². The van der Waals surface area contributed by atoms with Crippen LogP contribution in [-0.4, -0.2) is 16.9 Å². The van der Waals surface area contributed by atoms with Crippen LogP contribution in [-0.2, 0) is 9.59 Å². The predicted octanol–water partition coefficient (Wildman–Crippen LogP) is 1.61. The fourth-order valence-corrected chi connectivity index (χ4v) is 2.59. The number of carbonyl (C=O) groups is 2. The van der Waals surface area contributed by atoms with Crippen molar-refractivity contribution in [2.24, 2.45) is 11.3 Å². The first-order chi connectivity index (χ1) is 6.11. The third kappa shape index (κ3) is 1.47. The van der Waals surface area contributed by atoms with E-state index in [4.69, 9.17) is 5.11 Å². The molecule has 3 nitrogen and oxygen atoms in total. The second kappa shape index (κ2) is 2.82. The van der Waals surface area contributed by atoms with Crippen LogP contribution in [0.2, 0.25) is 0 Å². The van der Waals surface area contributed by atoms with Crippen molar-refractivity contribution in [3.63, 3.8) is 0 Å². The van der Waals surface area contributed by atoms with Gasteiger partial charge in [-0.05, 0) is 31.1 Å². The Balaban J connectivity index is 1.79. The third-order valence-electron chi connectivity index (χ3n) is 3.55. The summed E-state index contributed by atoms with van der Waals surface area (Å²) in [7, 11) is 0. The van der Waals surface area contributed by atoms with Crippen LogP contribution in [0.1, 0.15) is 38.5 Å². The molecule has 72 valence electrons. The van der Waals surface area contributed by atoms with Gasteiger partial charge in [-0.15, -0.1) is 0 Å². The molecule has 2 saturated carbocycles. The van der Waals surface area contributed by atoms with Gasteiger partial charge in [-0.1, -0.05) is 6.42 Å². The van der Waals surface area contributed by atoms with Gasteiger partial charge in [-0.2, -0.15) is 0 Å². The first-order valence-corrected chi connectivity index (χ1v) is 4.86. The molecule has 2 fully saturated rings. The first-order valence-electron chi connectivity index (χ1n) is 4.86. The molecule has 0 amide bonds. The number of carboxylic acid groups (broad SMARTS) is 1. The molecule has 0 aromatic heterocycles. The number of carbonyl (C=O) groups excluding carboxylic acids is 1. The lowest BCUT2D eigenvalue weighted by atomic mass is 9.51. The second-order valence-corrected chi connectivity index (χ2v) is 4.50. The molecule has 0 radical (unpaired) electrons. The minimum absolute atomic E-state index is 0.0648. The Labute approximate surface area is 77.1 Å². The molecule has 2 rings (SSSR count). The number of hydrogen-bond donors (Lipinski definition) is 1. The molecule has 0 saturated heterocycles. The highest BCUT2D eigenvalue weighted by Crippen LogP contribution is 2.58. The zero-order valence-corrected chi connectivity index (χ0v) is 7.58. The Morgan fingerprint density at radius 1 is 1.31 bits per heavy atom. The fourth-order valence-electron chi connectivity index (χ4n) is 2.59. The van der Waals surface area contributed by atoms with E-state index in [9.17, 15) is 9.59 Å². The van der Waals surface area contributed by atoms with Gasteiger partial charge in [0.05, 0.1) is 0 Å². The highest BCUT2D eigenvalue weighted by molar-refractivity contribution is 5.96. The molecule has 2 aliphatic carbocycles. The minimum atomic E-state index is -0.987. The summed E-state index contributed by atoms with van der Waals surface area (Å²) in [5.41, 5.74) is 0.471. The summed E-state index contributed by atoms with van der Waals surface area (Å²) >= 11 is 0. The zero-order valence-electron chi connectivity index (χ0n) is 7.58. The zero-order chi connectivity index (χ0) is 9.47. The molecule has 1 spiro atoms. The van der Waals surface area contributed by atoms with Gasteiger partial charge in [0.15, 0.2) is 0 Å². The highest BCUT2D eigenvalue weighted by atomic mass is 16.4. The standard InChI is InChI=1S/C10H14O3/c11-8(4-9(12)13)7-5-10(6-7)2-1-3-10/h7H,1-6H2,(H,12,13). The number of aliphatic carboxylic acids is 1. The van der Waals surface area contributed by atoms with Crippen LogP contribution >= 0.6 is 0 Å². The molecule has 0 aromatic rings. The first kappa shape index (κ1) is 8.73. The molecule has 3 heteroatoms. The van der Waals surface area contributed by atoms with Crippen molar-refractivity contribution in [3.8, 4) is 0 Å². The van der Waals surface area contributed by atoms with E-state index in [1.807, 2.05) is 0 Å². The van der Waals surface area contributed by atoms with Gasteiger partial charge < -0.3 is 5.11 Å². The van der Waals surface area contributed by atoms with Crippen molar-refractivity contribution in [3.05, 3.63) is 0 Å². The van der Waals surface area contributed by atoms with Gasteiger partial charge in [0, 0.05) is 5.92 Å². The van der Waals surface area contributed by atoms with Gasteiger partial charge >= 0.3 is 5.97 Å². The Kier molecular flexibility index (Phi) is 1.90. The average Bonchev–Trinajstić information content (AvgIpc) is 1.77. The van der Waals surface area contributed by atoms with E-state index in [1.165, 1.54) is 19.3 Å². The molecule has 0 heterocycles. The fraction of sp³-hybridized carbons (Fsp3) is 0.800. The van der Waals surface area contributed by atoms with E-state index in [-0.39, 0.29) is 18.1 Å². The lowest BCUT2D eigenvalue weighted by Gasteiger charge is -2.53. The van der Waals surface area contributed by atoms with Crippen molar-refractivity contribution in [1.29, 1.82) is 0 Å². The van der Waals surface area contributed by atoms with E-state index >= 15 is 0 Å². The lowest BCUT2D eigenvalue weighted by Crippen LogP contribution is -2.45. The summed E-state index contributed by atoms with van der Waals surface area (Å²) < 4.78 is 0. The lowest BCUT2D eigenvalue weighted by molar-refractivity contribution is -0.145. The maximum Gasteiger partial charge on any atom is 0.310 e. The number of rotatable bonds is 3. The quantitative estimate of drug-likeness (QED) is 0.674. The van der Waals surface area contributed by atoms with Crippen molar-refractivity contribution in [2.75, 3.05) is 0 Å². The molecular weight excluding hydrogens is 168 g/mol. The smallest absolute Gasteiger partial charge is 0.310 e. The van der Waals surface area contributed by atoms with E-state index < -0.39 is 5.97 Å². The van der Waals surface area contributed by atoms with Crippen molar-refractivity contribution in [2.45, 2.75) is 38.5 Å². The van der Waals surface area contributed by atoms with E-state index in [0.29, 0.717) is 5.41 Å². The molecular formula is C10H14O3. The van der Waals surface area contributed by atoms with E-state index in [1.54, 1.807) is 0 Å². The van der Waals surface area contributed by atoms with Crippen molar-refractivity contribution in [1.82, 2.24) is 0 Å². The van der Waals surface area contributed by atoms with Crippen LogP contribution in [0.5, 0.6) is 0 Å². The van der Waals surface area contributed by atoms with Crippen LogP contribution in [0, 0.1) is 11.3 Å². The molecule has 2 aliphatic rings. The molecule has 0 unspecified atom stereocenters.